The lowest BCUT2D eigenvalue weighted by atomic mass is 10.3. The summed E-state index contributed by atoms with van der Waals surface area (Å²) in [7, 11) is -5.64. The highest BCUT2D eigenvalue weighted by Crippen LogP contribution is 2.26. The predicted molar refractivity (Wildman–Crippen MR) is 74.1 cm³/mol. The minimum absolute atomic E-state index is 0.00651. The highest BCUT2D eigenvalue weighted by atomic mass is 32.2. The van der Waals surface area contributed by atoms with Crippen LogP contribution in [0.4, 0.5) is 5.69 Å². The molecule has 1 aromatic heterocycles. The molecule has 0 amide bonds. The highest BCUT2D eigenvalue weighted by Gasteiger charge is 2.37. The van der Waals surface area contributed by atoms with E-state index in [4.69, 9.17) is 5.84 Å². The van der Waals surface area contributed by atoms with Crippen LogP contribution in [0.25, 0.3) is 0 Å². The number of sulfonamides is 1. The van der Waals surface area contributed by atoms with Crippen LogP contribution >= 0.6 is 0 Å². The first kappa shape index (κ1) is 15.2. The van der Waals surface area contributed by atoms with E-state index in [1.165, 1.54) is 25.5 Å². The third-order valence-corrected chi connectivity index (χ3v) is 7.01. The van der Waals surface area contributed by atoms with Gasteiger partial charge in [0.05, 0.1) is 17.2 Å². The molecule has 112 valence electrons. The van der Waals surface area contributed by atoms with E-state index in [1.807, 2.05) is 0 Å². The Labute approximate surface area is 117 Å². The molecule has 1 atom stereocenters. The largest absolute Gasteiger partial charge is 0.323 e. The second kappa shape index (κ2) is 5.28. The van der Waals surface area contributed by atoms with Crippen molar-refractivity contribution in [2.75, 3.05) is 24.0 Å². The second-order valence-corrected chi connectivity index (χ2v) is 8.79. The van der Waals surface area contributed by atoms with E-state index in [9.17, 15) is 16.8 Å². The SMILES string of the molecule is CN(C1CCS(=O)(=O)C1)S(=O)(=O)c1cnccc1NN. The van der Waals surface area contributed by atoms with Gasteiger partial charge in [-0.25, -0.2) is 16.8 Å². The fourth-order valence-corrected chi connectivity index (χ4v) is 5.47. The van der Waals surface area contributed by atoms with Gasteiger partial charge in [-0.1, -0.05) is 0 Å². The standard InChI is InChI=1S/C10H16N4O4S2/c1-14(8-3-5-19(15,16)7-8)20(17,18)10-6-12-4-2-9(10)13-11/h2,4,6,8H,3,5,7,11H2,1H3,(H,12,13). The van der Waals surface area contributed by atoms with Gasteiger partial charge >= 0.3 is 0 Å². The van der Waals surface area contributed by atoms with Gasteiger partial charge in [0.2, 0.25) is 10.0 Å². The Morgan fingerprint density at radius 2 is 2.20 bits per heavy atom. The smallest absolute Gasteiger partial charge is 0.246 e. The number of hydrazine groups is 1. The molecule has 0 saturated carbocycles. The number of nitrogen functional groups attached to an aromatic ring is 1. The van der Waals surface area contributed by atoms with Crippen LogP contribution in [0.5, 0.6) is 0 Å². The molecule has 0 radical (unpaired) electrons. The minimum Gasteiger partial charge on any atom is -0.323 e. The third kappa shape index (κ3) is 2.77. The number of sulfone groups is 1. The summed E-state index contributed by atoms with van der Waals surface area (Å²) in [5.74, 6) is 5.14. The van der Waals surface area contributed by atoms with E-state index in [-0.39, 0.29) is 22.1 Å². The summed E-state index contributed by atoms with van der Waals surface area (Å²) >= 11 is 0. The Kier molecular flexibility index (Phi) is 4.00. The lowest BCUT2D eigenvalue weighted by Crippen LogP contribution is -2.38. The molecule has 1 saturated heterocycles. The van der Waals surface area contributed by atoms with E-state index in [1.54, 1.807) is 0 Å². The van der Waals surface area contributed by atoms with Crippen LogP contribution in [0, 0.1) is 0 Å². The molecule has 1 aliphatic heterocycles. The van der Waals surface area contributed by atoms with E-state index in [0.29, 0.717) is 6.42 Å². The molecule has 2 rings (SSSR count). The molecule has 0 aliphatic carbocycles. The third-order valence-electron chi connectivity index (χ3n) is 3.32. The Hall–Kier alpha value is -1.23. The molecule has 2 heterocycles. The molecule has 20 heavy (non-hydrogen) atoms. The van der Waals surface area contributed by atoms with Gasteiger partial charge in [-0.2, -0.15) is 4.31 Å². The zero-order valence-electron chi connectivity index (χ0n) is 10.9. The van der Waals surface area contributed by atoms with Crippen LogP contribution in [0.15, 0.2) is 23.4 Å². The summed E-state index contributed by atoms with van der Waals surface area (Å²) in [4.78, 5) is 3.70. The fraction of sp³-hybridized carbons (Fsp3) is 0.500. The molecular formula is C10H16N4O4S2. The van der Waals surface area contributed by atoms with Crippen molar-refractivity contribution in [3.63, 3.8) is 0 Å². The van der Waals surface area contributed by atoms with Crippen molar-refractivity contribution in [1.82, 2.24) is 9.29 Å². The van der Waals surface area contributed by atoms with Gasteiger partial charge in [-0.05, 0) is 12.5 Å². The zero-order valence-corrected chi connectivity index (χ0v) is 12.5. The molecule has 8 nitrogen and oxygen atoms in total. The highest BCUT2D eigenvalue weighted by molar-refractivity contribution is 7.92. The summed E-state index contributed by atoms with van der Waals surface area (Å²) in [5.41, 5.74) is 2.51. The topological polar surface area (TPSA) is 122 Å². The summed E-state index contributed by atoms with van der Waals surface area (Å²) < 4.78 is 49.0. The number of hydrogen-bond acceptors (Lipinski definition) is 7. The summed E-state index contributed by atoms with van der Waals surface area (Å²) in [6, 6.07) is 0.877. The van der Waals surface area contributed by atoms with Gasteiger partial charge in [0.15, 0.2) is 9.84 Å². The number of rotatable bonds is 4. The number of nitrogens with one attached hydrogen (secondary N) is 1. The van der Waals surface area contributed by atoms with Gasteiger partial charge < -0.3 is 5.43 Å². The van der Waals surface area contributed by atoms with Crippen molar-refractivity contribution >= 4 is 25.5 Å². The first-order valence-corrected chi connectivity index (χ1v) is 9.13. The molecule has 1 unspecified atom stereocenters. The van der Waals surface area contributed by atoms with Crippen molar-refractivity contribution in [3.05, 3.63) is 18.5 Å². The first-order chi connectivity index (χ1) is 9.28. The lowest BCUT2D eigenvalue weighted by Gasteiger charge is -2.23. The van der Waals surface area contributed by atoms with E-state index < -0.39 is 25.9 Å². The fourth-order valence-electron chi connectivity index (χ4n) is 2.12. The van der Waals surface area contributed by atoms with Crippen LogP contribution in [0.1, 0.15) is 6.42 Å². The average Bonchev–Trinajstić information content (AvgIpc) is 2.78. The predicted octanol–water partition coefficient (Wildman–Crippen LogP) is -0.825. The quantitative estimate of drug-likeness (QED) is 0.548. The van der Waals surface area contributed by atoms with Crippen molar-refractivity contribution in [2.45, 2.75) is 17.4 Å². The van der Waals surface area contributed by atoms with Crippen LogP contribution in [0.3, 0.4) is 0 Å². The summed E-state index contributed by atoms with van der Waals surface area (Å²) in [5, 5.41) is 0. The number of nitrogens with zero attached hydrogens (tertiary/aromatic N) is 2. The number of nitrogens with two attached hydrogens (primary N) is 1. The van der Waals surface area contributed by atoms with Crippen molar-refractivity contribution < 1.29 is 16.8 Å². The monoisotopic (exact) mass is 320 g/mol. The maximum absolute atomic E-state index is 12.5. The maximum Gasteiger partial charge on any atom is 0.246 e. The van der Waals surface area contributed by atoms with Gasteiger partial charge in [-0.3, -0.25) is 10.8 Å². The minimum atomic E-state index is -3.85. The number of aromatic nitrogens is 1. The molecule has 10 heteroatoms. The molecule has 0 spiro atoms. The lowest BCUT2D eigenvalue weighted by molar-refractivity contribution is 0.394. The second-order valence-electron chi connectivity index (χ2n) is 4.59. The van der Waals surface area contributed by atoms with E-state index in [2.05, 4.69) is 10.4 Å². The number of hydrogen-bond donors (Lipinski definition) is 2. The Balaban J connectivity index is 2.35. The number of anilines is 1. The van der Waals surface area contributed by atoms with Crippen molar-refractivity contribution in [2.24, 2.45) is 5.84 Å². The van der Waals surface area contributed by atoms with Gasteiger partial charge in [0.25, 0.3) is 0 Å². The molecule has 0 bridgehead atoms. The first-order valence-electron chi connectivity index (χ1n) is 5.87. The Morgan fingerprint density at radius 1 is 1.50 bits per heavy atom. The number of pyridine rings is 1. The van der Waals surface area contributed by atoms with Crippen LogP contribution in [-0.2, 0) is 19.9 Å². The summed E-state index contributed by atoms with van der Waals surface area (Å²) in [6.07, 6.45) is 2.89. The van der Waals surface area contributed by atoms with Crippen LogP contribution < -0.4 is 11.3 Å². The van der Waals surface area contributed by atoms with E-state index in [0.717, 1.165) is 4.31 Å². The van der Waals surface area contributed by atoms with Crippen molar-refractivity contribution in [1.29, 1.82) is 0 Å². The molecule has 1 fully saturated rings. The van der Waals surface area contributed by atoms with Crippen LogP contribution in [-0.4, -0.2) is 50.7 Å². The van der Waals surface area contributed by atoms with E-state index >= 15 is 0 Å². The normalized spacial score (nSPS) is 22.1. The molecule has 1 aliphatic rings. The molecular weight excluding hydrogens is 304 g/mol. The van der Waals surface area contributed by atoms with Gasteiger partial charge in [0, 0.05) is 25.5 Å². The Morgan fingerprint density at radius 3 is 2.75 bits per heavy atom. The Bertz CT molecular complexity index is 702. The maximum atomic E-state index is 12.5. The summed E-state index contributed by atoms with van der Waals surface area (Å²) in [6.45, 7) is 0. The average molecular weight is 320 g/mol. The molecule has 1 aromatic rings. The molecule has 0 aromatic carbocycles. The molecule has 3 N–H and O–H groups in total. The zero-order chi connectivity index (χ0) is 15.0. The van der Waals surface area contributed by atoms with Gasteiger partial charge in [-0.15, -0.1) is 0 Å². The van der Waals surface area contributed by atoms with Crippen molar-refractivity contribution in [3.8, 4) is 0 Å². The van der Waals surface area contributed by atoms with Crippen LogP contribution in [0.2, 0.25) is 0 Å². The van der Waals surface area contributed by atoms with Gasteiger partial charge in [0.1, 0.15) is 4.90 Å².